The molecule has 0 saturated heterocycles. The Bertz CT molecular complexity index is 513. The fraction of sp³-hybridized carbons (Fsp3) is 0.500. The number of anilines is 1. The Morgan fingerprint density at radius 3 is 2.76 bits per heavy atom. The highest BCUT2D eigenvalue weighted by Gasteiger charge is 2.14. The van der Waals surface area contributed by atoms with E-state index in [2.05, 4.69) is 25.3 Å². The third-order valence-corrected chi connectivity index (χ3v) is 3.30. The highest BCUT2D eigenvalue weighted by molar-refractivity contribution is 5.79. The number of nitrogens with zero attached hydrogens (tertiary/aromatic N) is 2. The molecule has 0 saturated carbocycles. The van der Waals surface area contributed by atoms with Crippen LogP contribution in [0, 0.1) is 0 Å². The van der Waals surface area contributed by atoms with Crippen LogP contribution in [-0.2, 0) is 6.54 Å². The maximum Gasteiger partial charge on any atom is 0.112 e. The van der Waals surface area contributed by atoms with E-state index in [0.717, 1.165) is 30.6 Å². The molecule has 0 aliphatic heterocycles. The van der Waals surface area contributed by atoms with Crippen molar-refractivity contribution in [1.29, 1.82) is 0 Å². The van der Waals surface area contributed by atoms with Crippen molar-refractivity contribution in [2.45, 2.75) is 46.1 Å². The molecule has 2 aromatic rings. The van der Waals surface area contributed by atoms with E-state index in [9.17, 15) is 0 Å². The molecule has 0 amide bonds. The molecule has 1 aromatic carbocycles. The highest BCUT2D eigenvalue weighted by Crippen LogP contribution is 2.25. The lowest BCUT2D eigenvalue weighted by Gasteiger charge is -2.12. The van der Waals surface area contributed by atoms with Crippen molar-refractivity contribution in [3.05, 3.63) is 24.0 Å². The Labute approximate surface area is 103 Å². The summed E-state index contributed by atoms with van der Waals surface area (Å²) in [7, 11) is 0. The van der Waals surface area contributed by atoms with Gasteiger partial charge in [-0.15, -0.1) is 0 Å². The third kappa shape index (κ3) is 2.14. The molecular weight excluding hydrogens is 210 g/mol. The molecule has 3 nitrogen and oxygen atoms in total. The van der Waals surface area contributed by atoms with Gasteiger partial charge < -0.3 is 10.3 Å². The summed E-state index contributed by atoms with van der Waals surface area (Å²) in [5.41, 5.74) is 8.90. The van der Waals surface area contributed by atoms with Gasteiger partial charge in [0.15, 0.2) is 0 Å². The first-order chi connectivity index (χ1) is 8.17. The number of nitrogens with two attached hydrogens (primary N) is 1. The van der Waals surface area contributed by atoms with Crippen molar-refractivity contribution in [3.63, 3.8) is 0 Å². The van der Waals surface area contributed by atoms with Crippen molar-refractivity contribution >= 4 is 16.7 Å². The molecule has 92 valence electrons. The molecule has 17 heavy (non-hydrogen) atoms. The number of hydrogen-bond donors (Lipinski definition) is 1. The number of aromatic nitrogens is 2. The smallest absolute Gasteiger partial charge is 0.112 e. The Kier molecular flexibility index (Phi) is 3.36. The van der Waals surface area contributed by atoms with Gasteiger partial charge in [-0.3, -0.25) is 0 Å². The molecule has 0 aliphatic carbocycles. The van der Waals surface area contributed by atoms with Crippen LogP contribution in [0.2, 0.25) is 0 Å². The second-order valence-corrected chi connectivity index (χ2v) is 4.68. The largest absolute Gasteiger partial charge is 0.399 e. The van der Waals surface area contributed by atoms with Gasteiger partial charge in [0.25, 0.3) is 0 Å². The summed E-state index contributed by atoms with van der Waals surface area (Å²) in [6, 6.07) is 5.97. The molecule has 3 heteroatoms. The van der Waals surface area contributed by atoms with E-state index in [1.807, 2.05) is 18.2 Å². The Hall–Kier alpha value is -1.51. The molecule has 1 atom stereocenters. The van der Waals surface area contributed by atoms with Gasteiger partial charge in [0.05, 0.1) is 11.0 Å². The van der Waals surface area contributed by atoms with E-state index < -0.39 is 0 Å². The average Bonchev–Trinajstić information content (AvgIpc) is 2.67. The monoisotopic (exact) mass is 231 g/mol. The van der Waals surface area contributed by atoms with Crippen LogP contribution in [0.4, 0.5) is 5.69 Å². The number of aryl methyl sites for hydroxylation is 1. The number of rotatable bonds is 4. The van der Waals surface area contributed by atoms with Crippen molar-refractivity contribution in [3.8, 4) is 0 Å². The summed E-state index contributed by atoms with van der Waals surface area (Å²) >= 11 is 0. The van der Waals surface area contributed by atoms with Crippen LogP contribution in [0.1, 0.15) is 45.4 Å². The first-order valence-electron chi connectivity index (χ1n) is 6.43. The van der Waals surface area contributed by atoms with Crippen LogP contribution in [-0.4, -0.2) is 9.55 Å². The summed E-state index contributed by atoms with van der Waals surface area (Å²) in [5.74, 6) is 1.69. The minimum absolute atomic E-state index is 0.496. The van der Waals surface area contributed by atoms with E-state index in [-0.39, 0.29) is 0 Å². The predicted octanol–water partition coefficient (Wildman–Crippen LogP) is 3.54. The van der Waals surface area contributed by atoms with E-state index in [1.54, 1.807) is 0 Å². The Balaban J connectivity index is 2.62. The lowest BCUT2D eigenvalue weighted by Crippen LogP contribution is -2.06. The average molecular weight is 231 g/mol. The standard InChI is InChI=1S/C14H21N3/c1-4-8-17-13-9-11(15)6-7-12(13)16-14(17)10(3)5-2/h6-7,9-10H,4-5,8,15H2,1-3H3. The molecule has 0 radical (unpaired) electrons. The summed E-state index contributed by atoms with van der Waals surface area (Å²) in [5, 5.41) is 0. The van der Waals surface area contributed by atoms with Crippen molar-refractivity contribution in [1.82, 2.24) is 9.55 Å². The Morgan fingerprint density at radius 2 is 2.12 bits per heavy atom. The van der Waals surface area contributed by atoms with Gasteiger partial charge in [-0.25, -0.2) is 4.98 Å². The van der Waals surface area contributed by atoms with Crippen LogP contribution in [0.25, 0.3) is 11.0 Å². The molecule has 1 unspecified atom stereocenters. The molecule has 1 heterocycles. The quantitative estimate of drug-likeness (QED) is 0.818. The first kappa shape index (κ1) is 12.0. The van der Waals surface area contributed by atoms with Crippen LogP contribution < -0.4 is 5.73 Å². The van der Waals surface area contributed by atoms with Gasteiger partial charge in [-0.1, -0.05) is 20.8 Å². The molecule has 0 bridgehead atoms. The summed E-state index contributed by atoms with van der Waals surface area (Å²) in [6.45, 7) is 7.64. The number of fused-ring (bicyclic) bond motifs is 1. The predicted molar refractivity (Wildman–Crippen MR) is 73.1 cm³/mol. The molecule has 1 aromatic heterocycles. The van der Waals surface area contributed by atoms with E-state index in [1.165, 1.54) is 11.3 Å². The Morgan fingerprint density at radius 1 is 1.35 bits per heavy atom. The molecular formula is C14H21N3. The lowest BCUT2D eigenvalue weighted by molar-refractivity contribution is 0.591. The second-order valence-electron chi connectivity index (χ2n) is 4.68. The fourth-order valence-corrected chi connectivity index (χ4v) is 2.18. The van der Waals surface area contributed by atoms with Crippen molar-refractivity contribution in [2.75, 3.05) is 5.73 Å². The minimum atomic E-state index is 0.496. The maximum absolute atomic E-state index is 5.87. The second kappa shape index (κ2) is 4.78. The zero-order valence-electron chi connectivity index (χ0n) is 10.9. The summed E-state index contributed by atoms with van der Waals surface area (Å²) in [6.07, 6.45) is 2.23. The van der Waals surface area contributed by atoms with Crippen LogP contribution in [0.3, 0.4) is 0 Å². The van der Waals surface area contributed by atoms with E-state index >= 15 is 0 Å². The molecule has 0 spiro atoms. The first-order valence-corrected chi connectivity index (χ1v) is 6.43. The molecule has 0 fully saturated rings. The van der Waals surface area contributed by atoms with Crippen molar-refractivity contribution in [2.24, 2.45) is 0 Å². The molecule has 2 rings (SSSR count). The normalized spacial score (nSPS) is 13.1. The van der Waals surface area contributed by atoms with Gasteiger partial charge in [0, 0.05) is 18.2 Å². The van der Waals surface area contributed by atoms with Crippen molar-refractivity contribution < 1.29 is 0 Å². The molecule has 0 aliphatic rings. The van der Waals surface area contributed by atoms with Gasteiger partial charge in [-0.2, -0.15) is 0 Å². The maximum atomic E-state index is 5.87. The van der Waals surface area contributed by atoms with Crippen LogP contribution in [0.15, 0.2) is 18.2 Å². The third-order valence-electron chi connectivity index (χ3n) is 3.30. The fourth-order valence-electron chi connectivity index (χ4n) is 2.18. The summed E-state index contributed by atoms with van der Waals surface area (Å²) in [4.78, 5) is 4.75. The zero-order chi connectivity index (χ0) is 12.4. The van der Waals surface area contributed by atoms with Gasteiger partial charge in [-0.05, 0) is 31.0 Å². The van der Waals surface area contributed by atoms with Gasteiger partial charge in [0.1, 0.15) is 5.82 Å². The zero-order valence-corrected chi connectivity index (χ0v) is 10.9. The summed E-state index contributed by atoms with van der Waals surface area (Å²) < 4.78 is 2.32. The topological polar surface area (TPSA) is 43.8 Å². The van der Waals surface area contributed by atoms with E-state index in [4.69, 9.17) is 10.7 Å². The molecule has 2 N–H and O–H groups in total. The van der Waals surface area contributed by atoms with Crippen LogP contribution >= 0.6 is 0 Å². The van der Waals surface area contributed by atoms with Gasteiger partial charge >= 0.3 is 0 Å². The SMILES string of the molecule is CCCn1c(C(C)CC)nc2ccc(N)cc21. The minimum Gasteiger partial charge on any atom is -0.399 e. The van der Waals surface area contributed by atoms with E-state index in [0.29, 0.717) is 5.92 Å². The lowest BCUT2D eigenvalue weighted by atomic mass is 10.1. The van der Waals surface area contributed by atoms with Crippen LogP contribution in [0.5, 0.6) is 0 Å². The highest BCUT2D eigenvalue weighted by atomic mass is 15.1. The van der Waals surface area contributed by atoms with Gasteiger partial charge in [0.2, 0.25) is 0 Å². The number of hydrogen-bond acceptors (Lipinski definition) is 2. The number of nitrogen functional groups attached to an aromatic ring is 1. The number of imidazole rings is 1. The number of benzene rings is 1.